The van der Waals surface area contributed by atoms with E-state index in [1.54, 1.807) is 0 Å². The Morgan fingerprint density at radius 1 is 0.681 bits per heavy atom. The molecule has 0 amide bonds. The average Bonchev–Trinajstić information content (AvgIpc) is 3.61. The van der Waals surface area contributed by atoms with Crippen LogP contribution in [-0.2, 0) is 0 Å². The summed E-state index contributed by atoms with van der Waals surface area (Å²) in [5, 5.41) is 13.9. The molecule has 3 aromatic heterocycles. The highest BCUT2D eigenvalue weighted by Gasteiger charge is 2.20. The van der Waals surface area contributed by atoms with Crippen LogP contribution in [0.2, 0.25) is 0 Å². The molecule has 0 aliphatic carbocycles. The molecule has 0 radical (unpaired) electrons. The number of aromatic nitrogens is 3. The fourth-order valence-corrected chi connectivity index (χ4v) is 7.01. The van der Waals surface area contributed by atoms with Crippen molar-refractivity contribution in [3.8, 4) is 39.7 Å². The summed E-state index contributed by atoms with van der Waals surface area (Å²) in [7, 11) is 0. The Bertz CT molecular complexity index is 2520. The maximum Gasteiger partial charge on any atom is 0.101 e. The third kappa shape index (κ3) is 4.48. The van der Waals surface area contributed by atoms with E-state index in [0.29, 0.717) is 5.56 Å². The first-order valence-electron chi connectivity index (χ1n) is 15.7. The molecular weight excluding hydrogens is 573 g/mol. The normalized spacial score (nSPS) is 11.5. The molecule has 4 nitrogen and oxygen atoms in total. The summed E-state index contributed by atoms with van der Waals surface area (Å²) in [6.07, 6.45) is 9.72. The Labute approximate surface area is 273 Å². The van der Waals surface area contributed by atoms with E-state index < -0.39 is 0 Å². The first-order chi connectivity index (χ1) is 23.2. The molecule has 0 fully saturated rings. The van der Waals surface area contributed by atoms with Gasteiger partial charge in [-0.15, -0.1) is 0 Å². The van der Waals surface area contributed by atoms with Gasteiger partial charge in [-0.05, 0) is 54.4 Å². The predicted octanol–water partition coefficient (Wildman–Crippen LogP) is 10.8. The molecule has 0 spiro atoms. The van der Waals surface area contributed by atoms with Gasteiger partial charge in [-0.2, -0.15) is 5.26 Å². The molecule has 0 N–H and O–H groups in total. The molecule has 3 heterocycles. The van der Waals surface area contributed by atoms with Crippen molar-refractivity contribution in [3.05, 3.63) is 169 Å². The van der Waals surface area contributed by atoms with Crippen LogP contribution >= 0.6 is 0 Å². The van der Waals surface area contributed by atoms with Gasteiger partial charge in [0, 0.05) is 50.9 Å². The van der Waals surface area contributed by atoms with Crippen LogP contribution < -0.4 is 0 Å². The monoisotopic (exact) mass is 602 g/mol. The van der Waals surface area contributed by atoms with Crippen LogP contribution in [-0.4, -0.2) is 14.1 Å². The van der Waals surface area contributed by atoms with E-state index in [0.717, 1.165) is 66.6 Å². The second kappa shape index (κ2) is 11.5. The highest BCUT2D eigenvalue weighted by molar-refractivity contribution is 6.10. The molecule has 0 saturated carbocycles. The number of rotatable bonds is 6. The summed E-state index contributed by atoms with van der Waals surface area (Å²) in [5.74, 6) is 0. The molecule has 4 heteroatoms. The molecule has 8 rings (SSSR count). The Balaban J connectivity index is 1.35. The summed E-state index contributed by atoms with van der Waals surface area (Å²) < 4.78 is 4.57. The largest absolute Gasteiger partial charge is 0.313 e. The third-order valence-electron chi connectivity index (χ3n) is 9.04. The maximum atomic E-state index is 10.4. The molecule has 8 aromatic rings. The van der Waals surface area contributed by atoms with Gasteiger partial charge in [0.15, 0.2) is 0 Å². The number of para-hydroxylation sites is 4. The Morgan fingerprint density at radius 3 is 1.98 bits per heavy atom. The molecule has 47 heavy (non-hydrogen) atoms. The molecule has 0 atom stereocenters. The zero-order valence-electron chi connectivity index (χ0n) is 25.9. The molecule has 5 aromatic carbocycles. The Kier molecular flexibility index (Phi) is 6.86. The number of benzene rings is 5. The van der Waals surface area contributed by atoms with Gasteiger partial charge in [-0.3, -0.25) is 4.98 Å². The van der Waals surface area contributed by atoms with Gasteiger partial charge < -0.3 is 9.13 Å². The van der Waals surface area contributed by atoms with Crippen LogP contribution in [0, 0.1) is 18.3 Å². The van der Waals surface area contributed by atoms with Gasteiger partial charge in [0.25, 0.3) is 0 Å². The summed E-state index contributed by atoms with van der Waals surface area (Å²) in [6, 6.07) is 44.5. The van der Waals surface area contributed by atoms with Crippen molar-refractivity contribution < 1.29 is 0 Å². The minimum atomic E-state index is 0.621. The fraction of sp³-hybridized carbons (Fsp3) is 0.0233. The number of nitrogens with zero attached hydrogens (tertiary/aromatic N) is 4. The maximum absolute atomic E-state index is 10.4. The van der Waals surface area contributed by atoms with Gasteiger partial charge in [0.1, 0.15) is 6.07 Å². The van der Waals surface area contributed by atoms with E-state index >= 15 is 0 Å². The van der Waals surface area contributed by atoms with Crippen LogP contribution in [0.15, 0.2) is 152 Å². The summed E-state index contributed by atoms with van der Waals surface area (Å²) >= 11 is 0. The van der Waals surface area contributed by atoms with E-state index in [2.05, 4.69) is 149 Å². The van der Waals surface area contributed by atoms with Gasteiger partial charge in [0.05, 0.1) is 33.5 Å². The number of fused-ring (bicyclic) bond motifs is 4. The number of hydrogen-bond donors (Lipinski definition) is 0. The van der Waals surface area contributed by atoms with Gasteiger partial charge in [-0.25, -0.2) is 0 Å². The van der Waals surface area contributed by atoms with E-state index in [-0.39, 0.29) is 0 Å². The topological polar surface area (TPSA) is 46.5 Å². The van der Waals surface area contributed by atoms with Crippen LogP contribution in [0.25, 0.3) is 72.4 Å². The Hall–Kier alpha value is -6.44. The summed E-state index contributed by atoms with van der Waals surface area (Å²) in [6.45, 7) is 6.04. The molecule has 0 saturated heterocycles. The molecule has 0 bridgehead atoms. The standard InChI is InChI=1S/C43H30N4/c1-3-4-16-33-29(2)46(39-21-8-5-17-35(33)39)42-24-25-45-28-38(42)31-14-11-13-30(26-31)34-20-12-15-32(27-44)43(34)47-40-22-9-6-18-36(40)37-19-7-10-23-41(37)47/h3-26,28H,1H2,2H3/b16-4-. The van der Waals surface area contributed by atoms with Gasteiger partial charge in [0.2, 0.25) is 0 Å². The fourth-order valence-electron chi connectivity index (χ4n) is 7.01. The van der Waals surface area contributed by atoms with Crippen molar-refractivity contribution in [2.75, 3.05) is 0 Å². The highest BCUT2D eigenvalue weighted by atomic mass is 15.0. The van der Waals surface area contributed by atoms with E-state index in [1.165, 1.54) is 10.9 Å². The minimum Gasteiger partial charge on any atom is -0.313 e. The highest BCUT2D eigenvalue weighted by Crippen LogP contribution is 2.40. The van der Waals surface area contributed by atoms with Crippen molar-refractivity contribution in [2.45, 2.75) is 6.92 Å². The Morgan fingerprint density at radius 2 is 1.30 bits per heavy atom. The lowest BCUT2D eigenvalue weighted by atomic mass is 9.96. The third-order valence-corrected chi connectivity index (χ3v) is 9.04. The molecular formula is C43H30N4. The number of allylic oxidation sites excluding steroid dienone is 2. The van der Waals surface area contributed by atoms with Crippen LogP contribution in [0.4, 0.5) is 0 Å². The van der Waals surface area contributed by atoms with Gasteiger partial charge >= 0.3 is 0 Å². The molecule has 222 valence electrons. The van der Waals surface area contributed by atoms with Crippen LogP contribution in [0.1, 0.15) is 16.8 Å². The summed E-state index contributed by atoms with van der Waals surface area (Å²) in [5.41, 5.74) is 12.2. The number of hydrogen-bond acceptors (Lipinski definition) is 2. The van der Waals surface area contributed by atoms with Crippen molar-refractivity contribution in [3.63, 3.8) is 0 Å². The lowest BCUT2D eigenvalue weighted by Gasteiger charge is -2.17. The van der Waals surface area contributed by atoms with Crippen molar-refractivity contribution >= 4 is 38.8 Å². The van der Waals surface area contributed by atoms with Gasteiger partial charge in [-0.1, -0.05) is 110 Å². The van der Waals surface area contributed by atoms with E-state index in [4.69, 9.17) is 0 Å². The smallest absolute Gasteiger partial charge is 0.101 e. The molecule has 0 aliphatic rings. The van der Waals surface area contributed by atoms with E-state index in [9.17, 15) is 5.26 Å². The SMILES string of the molecule is C=C/C=C\c1c(C)n(-c2ccncc2-c2cccc(-c3cccc(C#N)c3-n3c4ccccc4c4ccccc43)c2)c2ccccc12. The predicted molar refractivity (Wildman–Crippen MR) is 195 cm³/mol. The number of nitriles is 1. The lowest BCUT2D eigenvalue weighted by molar-refractivity contribution is 1.04. The quantitative estimate of drug-likeness (QED) is 0.178. The first kappa shape index (κ1) is 28.1. The first-order valence-corrected chi connectivity index (χ1v) is 15.7. The average molecular weight is 603 g/mol. The van der Waals surface area contributed by atoms with Crippen molar-refractivity contribution in [1.82, 2.24) is 14.1 Å². The van der Waals surface area contributed by atoms with Crippen molar-refractivity contribution in [2.24, 2.45) is 0 Å². The zero-order valence-corrected chi connectivity index (χ0v) is 25.9. The minimum absolute atomic E-state index is 0.621. The van der Waals surface area contributed by atoms with Crippen LogP contribution in [0.3, 0.4) is 0 Å². The summed E-state index contributed by atoms with van der Waals surface area (Å²) in [4.78, 5) is 4.58. The molecule has 0 unspecified atom stereocenters. The number of pyridine rings is 1. The molecule has 0 aliphatic heterocycles. The second-order valence-electron chi connectivity index (χ2n) is 11.6. The second-order valence-corrected chi connectivity index (χ2v) is 11.6. The zero-order chi connectivity index (χ0) is 31.9. The van der Waals surface area contributed by atoms with Crippen LogP contribution in [0.5, 0.6) is 0 Å². The van der Waals surface area contributed by atoms with Crippen molar-refractivity contribution in [1.29, 1.82) is 5.26 Å². The lowest BCUT2D eigenvalue weighted by Crippen LogP contribution is -2.02. The van der Waals surface area contributed by atoms with E-state index in [1.807, 2.05) is 36.7 Å².